The van der Waals surface area contributed by atoms with Crippen molar-refractivity contribution in [3.63, 3.8) is 0 Å². The lowest BCUT2D eigenvalue weighted by molar-refractivity contribution is -0.116. The minimum Gasteiger partial charge on any atom is -0.492 e. The summed E-state index contributed by atoms with van der Waals surface area (Å²) in [6.45, 7) is 2.52. The van der Waals surface area contributed by atoms with Gasteiger partial charge in [-0.1, -0.05) is 59.0 Å². The van der Waals surface area contributed by atoms with Crippen molar-refractivity contribution in [1.82, 2.24) is 4.98 Å². The third-order valence-electron chi connectivity index (χ3n) is 4.04. The molecule has 0 aliphatic heterocycles. The van der Waals surface area contributed by atoms with Crippen LogP contribution in [-0.4, -0.2) is 21.9 Å². The molecule has 5 nitrogen and oxygen atoms in total. The maximum atomic E-state index is 12.5. The zero-order valence-electron chi connectivity index (χ0n) is 15.5. The number of hydrogen-bond acceptors (Lipinski definition) is 4. The first kappa shape index (κ1) is 20.1. The highest BCUT2D eigenvalue weighted by atomic mass is 127. The second-order valence-electron chi connectivity index (χ2n) is 6.01. The monoisotopic (exact) mass is 488 g/mol. The van der Waals surface area contributed by atoms with Crippen molar-refractivity contribution in [1.29, 1.82) is 0 Å². The number of ether oxygens (including phenoxy) is 2. The molecule has 0 fully saturated rings. The molecule has 0 bridgehead atoms. The van der Waals surface area contributed by atoms with Gasteiger partial charge in [-0.25, -0.2) is 0 Å². The Hall–Kier alpha value is -2.61. The number of rotatable bonds is 8. The molecule has 1 aromatic heterocycles. The van der Waals surface area contributed by atoms with Gasteiger partial charge in [-0.05, 0) is 18.2 Å². The fourth-order valence-electron chi connectivity index (χ4n) is 2.74. The van der Waals surface area contributed by atoms with Crippen LogP contribution >= 0.6 is 22.6 Å². The van der Waals surface area contributed by atoms with E-state index >= 15 is 0 Å². The number of benzene rings is 2. The molecule has 144 valence electrons. The number of hydrogen-bond donors (Lipinski definition) is 0. The minimum atomic E-state index is -0.102. The van der Waals surface area contributed by atoms with E-state index in [1.54, 1.807) is 23.4 Å². The molecule has 1 amide bonds. The lowest BCUT2D eigenvalue weighted by Gasteiger charge is -2.24. The van der Waals surface area contributed by atoms with Gasteiger partial charge in [-0.2, -0.15) is 0 Å². The molecule has 6 heteroatoms. The molecule has 0 unspecified atom stereocenters. The number of carbonyl (C=O) groups excluding carboxylic acids is 1. The standard InChI is InChI=1S/C22H21IN2O3/c1-17(26)25(16-18-7-5-6-10-21(18)27-14-12-23)20-15-24-13-11-22(20)28-19-8-3-2-4-9-19/h2-11,13,15H,12,14,16H2,1H3. The van der Waals surface area contributed by atoms with E-state index < -0.39 is 0 Å². The summed E-state index contributed by atoms with van der Waals surface area (Å²) in [5.41, 5.74) is 1.54. The topological polar surface area (TPSA) is 51.7 Å². The van der Waals surface area contributed by atoms with Crippen molar-refractivity contribution < 1.29 is 14.3 Å². The number of anilines is 1. The summed E-state index contributed by atoms with van der Waals surface area (Å²) in [4.78, 5) is 18.3. The van der Waals surface area contributed by atoms with Crippen molar-refractivity contribution in [2.24, 2.45) is 0 Å². The Morgan fingerprint density at radius 2 is 1.79 bits per heavy atom. The molecular weight excluding hydrogens is 467 g/mol. The van der Waals surface area contributed by atoms with Crippen molar-refractivity contribution in [3.8, 4) is 17.2 Å². The Labute approximate surface area is 178 Å². The van der Waals surface area contributed by atoms with Crippen LogP contribution in [0.15, 0.2) is 73.1 Å². The molecule has 1 heterocycles. The van der Waals surface area contributed by atoms with E-state index in [4.69, 9.17) is 9.47 Å². The Kier molecular flexibility index (Phi) is 7.25. The van der Waals surface area contributed by atoms with E-state index in [-0.39, 0.29) is 5.91 Å². The van der Waals surface area contributed by atoms with E-state index in [1.807, 2.05) is 54.6 Å². The summed E-state index contributed by atoms with van der Waals surface area (Å²) in [5, 5.41) is 0. The summed E-state index contributed by atoms with van der Waals surface area (Å²) in [7, 11) is 0. The average molecular weight is 488 g/mol. The number of halogens is 1. The maximum Gasteiger partial charge on any atom is 0.224 e. The molecule has 2 aromatic carbocycles. The quantitative estimate of drug-likeness (QED) is 0.322. The van der Waals surface area contributed by atoms with E-state index in [1.165, 1.54) is 6.92 Å². The van der Waals surface area contributed by atoms with E-state index in [0.717, 1.165) is 15.7 Å². The average Bonchev–Trinajstić information content (AvgIpc) is 2.72. The molecule has 0 saturated carbocycles. The molecule has 0 spiro atoms. The number of nitrogens with zero attached hydrogens (tertiary/aromatic N) is 2. The minimum absolute atomic E-state index is 0.102. The van der Waals surface area contributed by atoms with Gasteiger partial charge in [-0.15, -0.1) is 0 Å². The fraction of sp³-hybridized carbons (Fsp3) is 0.182. The fourth-order valence-corrected chi connectivity index (χ4v) is 2.96. The number of para-hydroxylation sites is 2. The Balaban J connectivity index is 1.91. The van der Waals surface area contributed by atoms with E-state index in [0.29, 0.717) is 30.3 Å². The number of amides is 1. The van der Waals surface area contributed by atoms with Gasteiger partial charge in [0.2, 0.25) is 5.91 Å². The summed E-state index contributed by atoms with van der Waals surface area (Å²) >= 11 is 2.27. The van der Waals surface area contributed by atoms with Gasteiger partial charge in [0.1, 0.15) is 17.2 Å². The van der Waals surface area contributed by atoms with Crippen LogP contribution in [-0.2, 0) is 11.3 Å². The van der Waals surface area contributed by atoms with Crippen molar-refractivity contribution in [2.75, 3.05) is 15.9 Å². The van der Waals surface area contributed by atoms with Gasteiger partial charge >= 0.3 is 0 Å². The van der Waals surface area contributed by atoms with Crippen LogP contribution in [0.4, 0.5) is 5.69 Å². The Bertz CT molecular complexity index is 918. The van der Waals surface area contributed by atoms with Crippen LogP contribution < -0.4 is 14.4 Å². The zero-order chi connectivity index (χ0) is 19.8. The van der Waals surface area contributed by atoms with Gasteiger partial charge in [0, 0.05) is 29.2 Å². The normalized spacial score (nSPS) is 10.4. The first-order valence-corrected chi connectivity index (χ1v) is 10.4. The predicted octanol–water partition coefficient (Wildman–Crippen LogP) is 5.24. The Morgan fingerprint density at radius 1 is 1.04 bits per heavy atom. The second-order valence-corrected chi connectivity index (χ2v) is 7.09. The lowest BCUT2D eigenvalue weighted by atomic mass is 10.1. The number of carbonyl (C=O) groups is 1. The van der Waals surface area contributed by atoms with Crippen molar-refractivity contribution in [3.05, 3.63) is 78.6 Å². The number of alkyl halides is 1. The SMILES string of the molecule is CC(=O)N(Cc1ccccc1OCCI)c1cnccc1Oc1ccccc1. The highest BCUT2D eigenvalue weighted by Gasteiger charge is 2.19. The number of aromatic nitrogens is 1. The summed E-state index contributed by atoms with van der Waals surface area (Å²) in [6.07, 6.45) is 3.30. The van der Waals surface area contributed by atoms with Crippen LogP contribution in [0.1, 0.15) is 12.5 Å². The third-order valence-corrected chi connectivity index (χ3v) is 4.48. The van der Waals surface area contributed by atoms with Crippen LogP contribution in [0, 0.1) is 0 Å². The molecule has 0 N–H and O–H groups in total. The van der Waals surface area contributed by atoms with Crippen molar-refractivity contribution in [2.45, 2.75) is 13.5 Å². The lowest BCUT2D eigenvalue weighted by Crippen LogP contribution is -2.28. The van der Waals surface area contributed by atoms with Crippen LogP contribution in [0.5, 0.6) is 17.2 Å². The highest BCUT2D eigenvalue weighted by molar-refractivity contribution is 14.1. The van der Waals surface area contributed by atoms with Crippen LogP contribution in [0.2, 0.25) is 0 Å². The summed E-state index contributed by atoms with van der Waals surface area (Å²) < 4.78 is 12.7. The smallest absolute Gasteiger partial charge is 0.224 e. The molecule has 28 heavy (non-hydrogen) atoms. The highest BCUT2D eigenvalue weighted by Crippen LogP contribution is 2.33. The van der Waals surface area contributed by atoms with Gasteiger partial charge in [0.25, 0.3) is 0 Å². The van der Waals surface area contributed by atoms with Gasteiger partial charge in [0.05, 0.1) is 19.3 Å². The second kappa shape index (κ2) is 10.1. The first-order valence-electron chi connectivity index (χ1n) is 8.90. The van der Waals surface area contributed by atoms with E-state index in [9.17, 15) is 4.79 Å². The first-order chi connectivity index (χ1) is 13.7. The predicted molar refractivity (Wildman–Crippen MR) is 118 cm³/mol. The maximum absolute atomic E-state index is 12.5. The van der Waals surface area contributed by atoms with Gasteiger partial charge in [0.15, 0.2) is 5.75 Å². The van der Waals surface area contributed by atoms with Crippen LogP contribution in [0.3, 0.4) is 0 Å². The summed E-state index contributed by atoms with van der Waals surface area (Å²) in [6, 6.07) is 19.0. The van der Waals surface area contributed by atoms with Crippen molar-refractivity contribution >= 4 is 34.2 Å². The molecule has 0 saturated heterocycles. The molecule has 0 aliphatic rings. The molecule has 0 atom stereocenters. The molecule has 3 rings (SSSR count). The third kappa shape index (κ3) is 5.22. The largest absolute Gasteiger partial charge is 0.492 e. The van der Waals surface area contributed by atoms with Crippen LogP contribution in [0.25, 0.3) is 0 Å². The zero-order valence-corrected chi connectivity index (χ0v) is 17.7. The molecule has 0 radical (unpaired) electrons. The Morgan fingerprint density at radius 3 is 2.54 bits per heavy atom. The molecule has 3 aromatic rings. The van der Waals surface area contributed by atoms with E-state index in [2.05, 4.69) is 27.6 Å². The summed E-state index contributed by atoms with van der Waals surface area (Å²) in [5.74, 6) is 1.95. The number of pyridine rings is 1. The molecular formula is C22H21IN2O3. The van der Waals surface area contributed by atoms with Gasteiger partial charge < -0.3 is 14.4 Å². The van der Waals surface area contributed by atoms with Gasteiger partial charge in [-0.3, -0.25) is 9.78 Å². The molecule has 0 aliphatic carbocycles.